The van der Waals surface area contributed by atoms with Crippen LogP contribution in [0.5, 0.6) is 0 Å². The van der Waals surface area contributed by atoms with Crippen LogP contribution in [-0.4, -0.2) is 18.3 Å². The van der Waals surface area contributed by atoms with Crippen molar-refractivity contribution in [3.63, 3.8) is 0 Å². The normalized spacial score (nSPS) is 13.2. The zero-order valence-electron chi connectivity index (χ0n) is 7.29. The highest BCUT2D eigenvalue weighted by atomic mass is 32.1. The molecule has 0 spiro atoms. The molecule has 0 fully saturated rings. The third-order valence-electron chi connectivity index (χ3n) is 1.71. The van der Waals surface area contributed by atoms with Gasteiger partial charge < -0.3 is 10.4 Å². The second-order valence-corrected chi connectivity index (χ2v) is 3.83. The molecule has 1 aromatic heterocycles. The van der Waals surface area contributed by atoms with Crippen LogP contribution in [0.1, 0.15) is 12.5 Å². The monoisotopic (exact) mass is 185 g/mol. The Hall–Kier alpha value is -0.380. The quantitative estimate of drug-likeness (QED) is 0.728. The number of aliphatic hydroxyl groups is 1. The summed E-state index contributed by atoms with van der Waals surface area (Å²) in [6, 6.07) is 2.11. The first-order chi connectivity index (χ1) is 5.83. The van der Waals surface area contributed by atoms with Crippen molar-refractivity contribution in [2.45, 2.75) is 13.5 Å². The van der Waals surface area contributed by atoms with Gasteiger partial charge in [0.15, 0.2) is 0 Å². The molecule has 68 valence electrons. The van der Waals surface area contributed by atoms with E-state index in [2.05, 4.69) is 22.1 Å². The van der Waals surface area contributed by atoms with Crippen molar-refractivity contribution in [3.8, 4) is 0 Å². The predicted molar refractivity (Wildman–Crippen MR) is 52.3 cm³/mol. The molecule has 1 atom stereocenters. The third kappa shape index (κ3) is 3.34. The number of rotatable bonds is 5. The minimum atomic E-state index is 0.261. The SMILES string of the molecule is CC(CO)CNCc1ccsc1. The molecule has 1 unspecified atom stereocenters. The molecule has 0 amide bonds. The van der Waals surface area contributed by atoms with Crippen molar-refractivity contribution < 1.29 is 5.11 Å². The van der Waals surface area contributed by atoms with E-state index in [1.807, 2.05) is 6.92 Å². The predicted octanol–water partition coefficient (Wildman–Crippen LogP) is 1.47. The fourth-order valence-electron chi connectivity index (χ4n) is 0.921. The summed E-state index contributed by atoms with van der Waals surface area (Å²) in [6.07, 6.45) is 0. The molecule has 0 aromatic carbocycles. The summed E-state index contributed by atoms with van der Waals surface area (Å²) in [5.41, 5.74) is 1.32. The Kier molecular flexibility index (Phi) is 4.29. The number of thiophene rings is 1. The molecule has 12 heavy (non-hydrogen) atoms. The lowest BCUT2D eigenvalue weighted by molar-refractivity contribution is 0.233. The summed E-state index contributed by atoms with van der Waals surface area (Å²) in [5, 5.41) is 16.3. The molecular formula is C9H15NOS. The number of nitrogens with one attached hydrogen (secondary N) is 1. The first kappa shape index (κ1) is 9.71. The zero-order valence-corrected chi connectivity index (χ0v) is 8.10. The van der Waals surface area contributed by atoms with E-state index < -0.39 is 0 Å². The molecule has 0 aliphatic carbocycles. The van der Waals surface area contributed by atoms with E-state index in [0.29, 0.717) is 5.92 Å². The molecule has 0 aliphatic heterocycles. The average molecular weight is 185 g/mol. The molecular weight excluding hydrogens is 170 g/mol. The topological polar surface area (TPSA) is 32.3 Å². The summed E-state index contributed by atoms with van der Waals surface area (Å²) in [4.78, 5) is 0. The van der Waals surface area contributed by atoms with Gasteiger partial charge in [-0.15, -0.1) is 0 Å². The lowest BCUT2D eigenvalue weighted by atomic mass is 10.2. The van der Waals surface area contributed by atoms with Crippen LogP contribution >= 0.6 is 11.3 Å². The fourth-order valence-corrected chi connectivity index (χ4v) is 1.59. The number of aliphatic hydroxyl groups excluding tert-OH is 1. The number of hydrogen-bond acceptors (Lipinski definition) is 3. The van der Waals surface area contributed by atoms with E-state index in [1.165, 1.54) is 5.56 Å². The molecule has 2 nitrogen and oxygen atoms in total. The number of hydrogen-bond donors (Lipinski definition) is 2. The van der Waals surface area contributed by atoms with E-state index in [9.17, 15) is 0 Å². The van der Waals surface area contributed by atoms with Crippen LogP contribution < -0.4 is 5.32 Å². The van der Waals surface area contributed by atoms with Crippen LogP contribution in [0, 0.1) is 5.92 Å². The lowest BCUT2D eigenvalue weighted by Crippen LogP contribution is -2.22. The smallest absolute Gasteiger partial charge is 0.0468 e. The summed E-state index contributed by atoms with van der Waals surface area (Å²) < 4.78 is 0. The van der Waals surface area contributed by atoms with Gasteiger partial charge in [-0.25, -0.2) is 0 Å². The molecule has 0 bridgehead atoms. The summed E-state index contributed by atoms with van der Waals surface area (Å²) in [5.74, 6) is 0.351. The van der Waals surface area contributed by atoms with Gasteiger partial charge in [-0.3, -0.25) is 0 Å². The van der Waals surface area contributed by atoms with Gasteiger partial charge in [0.2, 0.25) is 0 Å². The van der Waals surface area contributed by atoms with Gasteiger partial charge >= 0.3 is 0 Å². The van der Waals surface area contributed by atoms with E-state index in [-0.39, 0.29) is 6.61 Å². The fraction of sp³-hybridized carbons (Fsp3) is 0.556. The minimum Gasteiger partial charge on any atom is -0.396 e. The van der Waals surface area contributed by atoms with Crippen LogP contribution in [0.4, 0.5) is 0 Å². The highest BCUT2D eigenvalue weighted by Gasteiger charge is 1.98. The van der Waals surface area contributed by atoms with E-state index in [1.54, 1.807) is 11.3 Å². The summed E-state index contributed by atoms with van der Waals surface area (Å²) in [6.45, 7) is 4.08. The van der Waals surface area contributed by atoms with Crippen LogP contribution in [0.25, 0.3) is 0 Å². The third-order valence-corrected chi connectivity index (χ3v) is 2.45. The Labute approximate surface area is 77.2 Å². The van der Waals surface area contributed by atoms with Crippen molar-refractivity contribution in [1.29, 1.82) is 0 Å². The van der Waals surface area contributed by atoms with Gasteiger partial charge in [0, 0.05) is 19.7 Å². The van der Waals surface area contributed by atoms with E-state index >= 15 is 0 Å². The molecule has 0 saturated carbocycles. The second-order valence-electron chi connectivity index (χ2n) is 3.05. The Morgan fingerprint density at radius 3 is 3.08 bits per heavy atom. The van der Waals surface area contributed by atoms with E-state index in [0.717, 1.165) is 13.1 Å². The maximum absolute atomic E-state index is 8.75. The van der Waals surface area contributed by atoms with Crippen molar-refractivity contribution in [2.75, 3.05) is 13.2 Å². The molecule has 1 aromatic rings. The van der Waals surface area contributed by atoms with Crippen molar-refractivity contribution in [3.05, 3.63) is 22.4 Å². The lowest BCUT2D eigenvalue weighted by Gasteiger charge is -2.07. The van der Waals surface area contributed by atoms with Crippen molar-refractivity contribution in [1.82, 2.24) is 5.32 Å². The van der Waals surface area contributed by atoms with Crippen LogP contribution in [-0.2, 0) is 6.54 Å². The van der Waals surface area contributed by atoms with Gasteiger partial charge in [0.05, 0.1) is 0 Å². The standard InChI is InChI=1S/C9H15NOS/c1-8(6-11)4-10-5-9-2-3-12-7-9/h2-3,7-8,10-11H,4-6H2,1H3. The van der Waals surface area contributed by atoms with Crippen molar-refractivity contribution in [2.24, 2.45) is 5.92 Å². The Bertz CT molecular complexity index is 198. The maximum atomic E-state index is 8.75. The molecule has 1 heterocycles. The Morgan fingerprint density at radius 2 is 2.50 bits per heavy atom. The maximum Gasteiger partial charge on any atom is 0.0468 e. The van der Waals surface area contributed by atoms with Crippen LogP contribution in [0.2, 0.25) is 0 Å². The largest absolute Gasteiger partial charge is 0.396 e. The van der Waals surface area contributed by atoms with Crippen LogP contribution in [0.15, 0.2) is 16.8 Å². The average Bonchev–Trinajstić information content (AvgIpc) is 2.57. The molecule has 0 radical (unpaired) electrons. The van der Waals surface area contributed by atoms with Gasteiger partial charge in [-0.05, 0) is 28.3 Å². The Balaban J connectivity index is 2.11. The van der Waals surface area contributed by atoms with Gasteiger partial charge in [-0.2, -0.15) is 11.3 Å². The molecule has 2 N–H and O–H groups in total. The first-order valence-electron chi connectivity index (χ1n) is 4.15. The van der Waals surface area contributed by atoms with Gasteiger partial charge in [0.25, 0.3) is 0 Å². The zero-order chi connectivity index (χ0) is 8.81. The molecule has 1 rings (SSSR count). The highest BCUT2D eigenvalue weighted by molar-refractivity contribution is 7.07. The van der Waals surface area contributed by atoms with E-state index in [4.69, 9.17) is 5.11 Å². The summed E-state index contributed by atoms with van der Waals surface area (Å²) in [7, 11) is 0. The second kappa shape index (κ2) is 5.30. The summed E-state index contributed by atoms with van der Waals surface area (Å²) >= 11 is 1.71. The molecule has 0 aliphatic rings. The van der Waals surface area contributed by atoms with Gasteiger partial charge in [0.1, 0.15) is 0 Å². The first-order valence-corrected chi connectivity index (χ1v) is 5.10. The van der Waals surface area contributed by atoms with Gasteiger partial charge in [-0.1, -0.05) is 6.92 Å². The molecule has 3 heteroatoms. The molecule has 0 saturated heterocycles. The van der Waals surface area contributed by atoms with Crippen molar-refractivity contribution >= 4 is 11.3 Å². The van der Waals surface area contributed by atoms with Crippen LogP contribution in [0.3, 0.4) is 0 Å². The Morgan fingerprint density at radius 1 is 1.67 bits per heavy atom. The minimum absolute atomic E-state index is 0.261. The highest BCUT2D eigenvalue weighted by Crippen LogP contribution is 2.04.